The summed E-state index contributed by atoms with van der Waals surface area (Å²) >= 11 is 0. The smallest absolute Gasteiger partial charge is 0.535 e. The van der Waals surface area contributed by atoms with Crippen LogP contribution in [0.25, 0.3) is 5.57 Å². The fourth-order valence-electron chi connectivity index (χ4n) is 18.7. The van der Waals surface area contributed by atoms with Crippen molar-refractivity contribution in [3.63, 3.8) is 0 Å². The molecule has 0 unspecified atom stereocenters. The van der Waals surface area contributed by atoms with Crippen LogP contribution in [0.4, 0.5) is 31.5 Å². The van der Waals surface area contributed by atoms with Gasteiger partial charge in [0, 0.05) is 71.8 Å². The molecule has 15 aliphatic rings. The minimum Gasteiger partial charge on any atom is -0.535 e. The van der Waals surface area contributed by atoms with Gasteiger partial charge in [0.1, 0.15) is 108 Å². The van der Waals surface area contributed by atoms with E-state index in [1.807, 2.05) is 19.1 Å². The molecule has 7 aromatic rings. The zero-order valence-electron chi connectivity index (χ0n) is 81.0. The summed E-state index contributed by atoms with van der Waals surface area (Å²) in [6.07, 6.45) is 3.67. The van der Waals surface area contributed by atoms with E-state index in [1.54, 1.807) is 65.0 Å². The second-order valence-electron chi connectivity index (χ2n) is 37.3. The molecule has 150 heavy (non-hydrogen) atoms. The first-order valence-corrected chi connectivity index (χ1v) is 47.8. The Bertz CT molecular complexity index is 6400. The Morgan fingerprint density at radius 2 is 0.700 bits per heavy atom. The number of fused-ring (bicyclic) bond motifs is 20. The lowest BCUT2D eigenvalue weighted by atomic mass is 9.62. The molecule has 22 rings (SSSR count). The quantitative estimate of drug-likeness (QED) is 0.0100. The van der Waals surface area contributed by atoms with Crippen LogP contribution in [-0.4, -0.2) is 240 Å². The molecule has 9 heterocycles. The monoisotopic (exact) mass is 2090 g/mol. The minimum absolute atomic E-state index is 0.00340. The molecule has 7 aromatic carbocycles. The molecule has 0 bridgehead atoms. The number of aryl methyl sites for hydroxylation is 2. The molecule has 54 heteroatoms. The largest absolute Gasteiger partial charge is 0.558 e. The second kappa shape index (κ2) is 46.1. The van der Waals surface area contributed by atoms with E-state index < -0.39 is 196 Å². The molecule has 7 fully saturated rings. The van der Waals surface area contributed by atoms with E-state index in [4.69, 9.17) is 75.2 Å². The summed E-state index contributed by atoms with van der Waals surface area (Å²) in [6, 6.07) is 20.8. The van der Waals surface area contributed by atoms with Gasteiger partial charge in [0.25, 0.3) is 0 Å². The highest BCUT2D eigenvalue weighted by Crippen LogP contribution is 2.65. The highest BCUT2D eigenvalue weighted by Gasteiger charge is 2.60. The van der Waals surface area contributed by atoms with Crippen LogP contribution in [0.2, 0.25) is 34.9 Å². The number of carbonyl (C=O) groups is 12. The number of hydrogen-bond acceptors (Lipinski definition) is 40. The Hall–Kier alpha value is -14.1. The number of rotatable bonds is 22. The lowest BCUT2D eigenvalue weighted by Gasteiger charge is -2.30. The lowest BCUT2D eigenvalue weighted by Crippen LogP contribution is -2.37. The van der Waals surface area contributed by atoms with Crippen molar-refractivity contribution in [2.24, 2.45) is 5.92 Å². The van der Waals surface area contributed by atoms with Crippen molar-refractivity contribution in [1.29, 1.82) is 0 Å². The fourth-order valence-corrected chi connectivity index (χ4v) is 18.7. The molecule has 0 spiro atoms. The predicted molar refractivity (Wildman–Crippen MR) is 503 cm³/mol. The van der Waals surface area contributed by atoms with Crippen molar-refractivity contribution >= 4 is 127 Å². The van der Waals surface area contributed by atoms with E-state index in [0.717, 1.165) is 81.2 Å². The Kier molecular flexibility index (Phi) is 33.4. The second-order valence-corrected chi connectivity index (χ2v) is 37.3. The maximum atomic E-state index is 14.1. The summed E-state index contributed by atoms with van der Waals surface area (Å²) in [4.78, 5) is 138. The first kappa shape index (κ1) is 109. The number of benzene rings is 7. The Morgan fingerprint density at radius 3 is 1.06 bits per heavy atom. The Morgan fingerprint density at radius 1 is 0.367 bits per heavy atom. The molecule has 9 aliphatic heterocycles. The molecular weight excluding hydrogens is 2000 g/mol. The van der Waals surface area contributed by atoms with Gasteiger partial charge in [-0.2, -0.15) is 0 Å². The summed E-state index contributed by atoms with van der Waals surface area (Å²) in [5.74, 6) is -12.2. The third-order valence-electron chi connectivity index (χ3n) is 26.9. The molecule has 1 saturated heterocycles. The highest BCUT2D eigenvalue weighted by molar-refractivity contribution is 6.56. The van der Waals surface area contributed by atoms with E-state index in [2.05, 4.69) is 23.7 Å². The lowest BCUT2D eigenvalue weighted by molar-refractivity contribution is -0.154. The Labute approximate surface area is 851 Å². The number of esters is 8. The van der Waals surface area contributed by atoms with Crippen molar-refractivity contribution in [3.05, 3.63) is 209 Å². The number of aromatic carboxylic acids is 2. The van der Waals surface area contributed by atoms with Gasteiger partial charge in [-0.15, -0.1) is 0 Å². The number of carbonyl (C=O) groups excluding carboxylic acids is 10. The number of carboxylic acids is 2. The van der Waals surface area contributed by atoms with Crippen molar-refractivity contribution in [2.75, 3.05) is 67.0 Å². The van der Waals surface area contributed by atoms with Crippen LogP contribution >= 0.6 is 0 Å². The van der Waals surface area contributed by atoms with Gasteiger partial charge in [-0.25, -0.2) is 65.1 Å². The first-order chi connectivity index (χ1) is 71.7. The third-order valence-corrected chi connectivity index (χ3v) is 26.9. The highest BCUT2D eigenvalue weighted by atomic mass is 19.1. The zero-order valence-corrected chi connectivity index (χ0v) is 81.0. The first-order valence-electron chi connectivity index (χ1n) is 47.8. The zero-order chi connectivity index (χ0) is 108. The van der Waals surface area contributed by atoms with Gasteiger partial charge >= 0.3 is 122 Å². The molecule has 6 saturated carbocycles. The average molecular weight is 2090 g/mol. The van der Waals surface area contributed by atoms with Gasteiger partial charge in [0.05, 0.1) is 38.4 Å². The maximum absolute atomic E-state index is 14.1. The maximum Gasteiger partial charge on any atom is 0.558 e. The molecule has 6 aliphatic carbocycles. The number of carboxylic acid groups (broad SMARTS) is 2. The summed E-state index contributed by atoms with van der Waals surface area (Å²) in [7, 11) is -7.41. The van der Waals surface area contributed by atoms with Crippen molar-refractivity contribution in [1.82, 2.24) is 0 Å². The summed E-state index contributed by atoms with van der Waals surface area (Å²) < 4.78 is 174. The molecular formula is C96H96B7F5O42. The van der Waals surface area contributed by atoms with Gasteiger partial charge in [0.15, 0.2) is 0 Å². The summed E-state index contributed by atoms with van der Waals surface area (Å²) in [5, 5.41) is 87.3. The van der Waals surface area contributed by atoms with Gasteiger partial charge in [-0.05, 0) is 196 Å². The van der Waals surface area contributed by atoms with Crippen molar-refractivity contribution in [3.8, 4) is 40.2 Å². The molecule has 0 radical (unpaired) electrons. The van der Waals surface area contributed by atoms with Crippen LogP contribution < -0.4 is 32.6 Å². The van der Waals surface area contributed by atoms with Gasteiger partial charge in [0.2, 0.25) is 34.0 Å². The predicted octanol–water partition coefficient (Wildman–Crippen LogP) is 10.9. The van der Waals surface area contributed by atoms with Crippen LogP contribution in [0, 0.1) is 48.9 Å². The van der Waals surface area contributed by atoms with E-state index >= 15 is 0 Å². The van der Waals surface area contributed by atoms with Gasteiger partial charge < -0.3 is 144 Å². The van der Waals surface area contributed by atoms with Crippen molar-refractivity contribution < 1.29 is 224 Å². The van der Waals surface area contributed by atoms with Crippen LogP contribution in [0.15, 0.2) is 90.4 Å². The van der Waals surface area contributed by atoms with E-state index in [1.165, 1.54) is 24.3 Å². The van der Waals surface area contributed by atoms with Crippen LogP contribution in [0.5, 0.6) is 40.2 Å². The number of ether oxygens (including phenoxy) is 14. The number of hydrogen-bond donors (Lipinski definition) is 9. The SMILES string of the molecule is CC(=O)OCOC(=O)c1c(F)ccc2c1OB(O)[C@@H]1C[C@H]21.CC(C)OC(=O)OCOC(=O)c1c(F)ccc2c1OB(O)[C@@H]1C[C@H]21.CCCC(=O)OCOC(=O)c1c(F)ccc2c1OB(O)[C@@H]1C[C@H]21.CCOC(=O)OCOC(=O)c1c(F)ccc2c1OB(O)[C@@H]1C[C@H]21.Cc1ccc2c(c1C(=O)O)OB(O)C1=C2COC1.Cc1ccc2c(c1C(=O)O)OB(O)[C@@H]1COC[C@H]21.O=C(OCOC(=O)C1CC1)c1c(F)ccc2c1OB(O)[C@@H]1C[C@H]21. The molecule has 788 valence electrons. The summed E-state index contributed by atoms with van der Waals surface area (Å²) in [5.41, 5.74) is 5.97. The topological polar surface area (TPSA) is 581 Å². The number of halogens is 5. The standard InChI is InChI=1S/C15H16BFO7.C15H14BFO6.C15H16BFO6.C14H14BFO7.C13H12BFO6.C12H13BO5.C12H11BO5/c1-7(2)23-15(19)22-6-21-14(18)12-11(17)4-3-8-9-5-10(9)16(20)24-13(8)12;17-11-4-3-8-9-5-10(9)16(20)23-13(8)12(11)15(19)22-6-21-14(18)7-1-2-7;1-2-3-12(18)21-7-22-15(19)13-11(17)5-4-8-9-6-10(9)16(20)23-14(8)13;1-2-20-14(18)22-6-21-13(17)11-10(16)4-3-7-8-5-9(8)15(19)23-12(7)11;1-6(16)19-5-20-13(17)11-10(15)3-2-7-8-4-9(8)14(18)21-12(7)11;2*1-6-2-3-7-8-4-17-5-9(8)13(16)18-11(7)10(6)12(14)15/h3-4,7,9-10,20H,5-6H2,1-2H3;3-4,7,9-10,20H,1-2,5-6H2;4-5,9-10,20H,2-3,6-7H2,1H3;3-4,8-9,19H,2,5-6H2,1H3;2-3,8-9,18H,4-5H2,1H3;2-3,8-9,16H,4-5H2,1H3,(H,14,15);2-3,16H,4-5H2,1H3,(H,14,15)/t3*9-,10-;3*8-,9-;/m111111./s1. The Balaban J connectivity index is 0.000000125. The van der Waals surface area contributed by atoms with E-state index in [9.17, 15) is 125 Å². The normalized spacial score (nSPS) is 21.6. The van der Waals surface area contributed by atoms with Gasteiger partial charge in [-0.1, -0.05) is 61.5 Å². The van der Waals surface area contributed by atoms with Crippen molar-refractivity contribution in [2.45, 2.75) is 183 Å². The molecule has 0 aromatic heterocycles. The van der Waals surface area contributed by atoms with E-state index in [0.29, 0.717) is 88.6 Å². The minimum atomic E-state index is -1.12. The summed E-state index contributed by atoms with van der Waals surface area (Å²) in [6.45, 7) is 9.82. The fraction of sp³-hybridized carbons (Fsp3) is 0.417. The van der Waals surface area contributed by atoms with E-state index in [-0.39, 0.29) is 158 Å². The third kappa shape index (κ3) is 24.0. The molecule has 9 N–H and O–H groups in total. The molecule has 12 atom stereocenters. The van der Waals surface area contributed by atoms with Crippen LogP contribution in [0.3, 0.4) is 0 Å². The van der Waals surface area contributed by atoms with Crippen LogP contribution in [-0.2, 0) is 80.7 Å². The van der Waals surface area contributed by atoms with Gasteiger partial charge in [-0.3, -0.25) is 14.4 Å². The molecule has 42 nitrogen and oxygen atoms in total. The average Bonchev–Trinajstić information content (AvgIpc) is 1.60. The molecule has 0 amide bonds. The van der Waals surface area contributed by atoms with Crippen LogP contribution in [0.1, 0.15) is 250 Å².